The Morgan fingerprint density at radius 2 is 1.79 bits per heavy atom. The van der Waals surface area contributed by atoms with E-state index in [4.69, 9.17) is 0 Å². The van der Waals surface area contributed by atoms with E-state index in [2.05, 4.69) is 15.0 Å². The average Bonchev–Trinajstić information content (AvgIpc) is 3.18. The lowest BCUT2D eigenvalue weighted by molar-refractivity contribution is -0.274. The van der Waals surface area contributed by atoms with Gasteiger partial charge in [0.2, 0.25) is 0 Å². The molecule has 0 bridgehead atoms. The number of halogens is 4. The van der Waals surface area contributed by atoms with Crippen LogP contribution in [0.1, 0.15) is 29.5 Å². The molecule has 0 aliphatic carbocycles. The number of nitrogens with zero attached hydrogens (tertiary/aromatic N) is 2. The van der Waals surface area contributed by atoms with E-state index in [0.717, 1.165) is 30.8 Å². The number of piperidine rings is 1. The number of ether oxygens (including phenoxy) is 1. The Kier molecular flexibility index (Phi) is 5.27. The first kappa shape index (κ1) is 19.4. The Bertz CT molecular complexity index is 969. The van der Waals surface area contributed by atoms with E-state index >= 15 is 0 Å². The van der Waals surface area contributed by atoms with Crippen molar-refractivity contribution in [2.75, 3.05) is 13.1 Å². The van der Waals surface area contributed by atoms with Gasteiger partial charge in [0.05, 0.1) is 12.0 Å². The van der Waals surface area contributed by atoms with E-state index in [1.54, 1.807) is 35.2 Å². The smallest absolute Gasteiger partial charge is 0.406 e. The quantitative estimate of drug-likeness (QED) is 0.636. The van der Waals surface area contributed by atoms with Crippen LogP contribution < -0.4 is 10.1 Å². The largest absolute Gasteiger partial charge is 0.573 e. The molecule has 8 heteroatoms. The van der Waals surface area contributed by atoms with Crippen LogP contribution in [-0.4, -0.2) is 29.0 Å². The van der Waals surface area contributed by atoms with Crippen LogP contribution in [0, 0.1) is 5.82 Å². The normalized spacial score (nSPS) is 19.9. The number of aromatic nitrogens is 2. The predicted molar refractivity (Wildman–Crippen MR) is 99.6 cm³/mol. The van der Waals surface area contributed by atoms with Crippen molar-refractivity contribution < 1.29 is 22.3 Å². The summed E-state index contributed by atoms with van der Waals surface area (Å²) in [6.45, 7) is 1.49. The number of hydrogen-bond donors (Lipinski definition) is 1. The summed E-state index contributed by atoms with van der Waals surface area (Å²) < 4.78 is 56.1. The summed E-state index contributed by atoms with van der Waals surface area (Å²) in [6.07, 6.45) is -0.326. The third kappa shape index (κ3) is 4.76. The molecule has 0 spiro atoms. The number of benzene rings is 2. The topological polar surface area (TPSA) is 39.1 Å². The van der Waals surface area contributed by atoms with Crippen molar-refractivity contribution >= 4 is 0 Å². The second kappa shape index (κ2) is 7.87. The van der Waals surface area contributed by atoms with Crippen molar-refractivity contribution in [3.63, 3.8) is 0 Å². The summed E-state index contributed by atoms with van der Waals surface area (Å²) >= 11 is 0. The van der Waals surface area contributed by atoms with Crippen LogP contribution >= 0.6 is 0 Å². The molecule has 152 valence electrons. The first-order chi connectivity index (χ1) is 13.9. The SMILES string of the molecule is Fc1cccc(-n2cnc(C3CNCC(c4ccc(OC(F)(F)F)cc4)C3)c2)c1. The van der Waals surface area contributed by atoms with Gasteiger partial charge in [0.1, 0.15) is 11.6 Å². The van der Waals surface area contributed by atoms with Gasteiger partial charge in [0.25, 0.3) is 0 Å². The Morgan fingerprint density at radius 3 is 2.52 bits per heavy atom. The van der Waals surface area contributed by atoms with Crippen molar-refractivity contribution in [3.05, 3.63) is 78.1 Å². The van der Waals surface area contributed by atoms with Crippen LogP contribution in [0.2, 0.25) is 0 Å². The second-order valence-corrected chi connectivity index (χ2v) is 7.09. The standard InChI is InChI=1S/C21H19F4N3O/c22-17-2-1-3-18(9-17)28-12-20(27-13-28)16-8-15(10-26-11-16)14-4-6-19(7-5-14)29-21(23,24)25/h1-7,9,12-13,15-16,26H,8,10-11H2. The molecular weight excluding hydrogens is 386 g/mol. The highest BCUT2D eigenvalue weighted by Gasteiger charge is 2.31. The number of imidazole rings is 1. The maximum absolute atomic E-state index is 13.5. The van der Waals surface area contributed by atoms with E-state index in [1.165, 1.54) is 24.3 Å². The molecule has 2 unspecified atom stereocenters. The monoisotopic (exact) mass is 405 g/mol. The molecule has 2 atom stereocenters. The van der Waals surface area contributed by atoms with E-state index in [1.807, 2.05) is 6.20 Å². The summed E-state index contributed by atoms with van der Waals surface area (Å²) in [7, 11) is 0. The number of alkyl halides is 3. The van der Waals surface area contributed by atoms with Gasteiger partial charge in [0.15, 0.2) is 0 Å². The maximum Gasteiger partial charge on any atom is 0.573 e. The summed E-state index contributed by atoms with van der Waals surface area (Å²) in [5.74, 6) is -0.242. The van der Waals surface area contributed by atoms with E-state index in [0.29, 0.717) is 5.69 Å². The molecular formula is C21H19F4N3O. The van der Waals surface area contributed by atoms with Crippen LogP contribution in [0.4, 0.5) is 17.6 Å². The molecule has 29 heavy (non-hydrogen) atoms. The fraction of sp³-hybridized carbons (Fsp3) is 0.286. The lowest BCUT2D eigenvalue weighted by Crippen LogP contribution is -2.34. The minimum absolute atomic E-state index is 0.146. The van der Waals surface area contributed by atoms with E-state index in [-0.39, 0.29) is 23.4 Å². The molecule has 1 aliphatic heterocycles. The zero-order valence-corrected chi connectivity index (χ0v) is 15.4. The third-order valence-electron chi connectivity index (χ3n) is 5.06. The van der Waals surface area contributed by atoms with Crippen molar-refractivity contribution in [3.8, 4) is 11.4 Å². The molecule has 1 aromatic heterocycles. The van der Waals surface area contributed by atoms with Gasteiger partial charge >= 0.3 is 6.36 Å². The molecule has 1 saturated heterocycles. The zero-order chi connectivity index (χ0) is 20.4. The van der Waals surface area contributed by atoms with Crippen molar-refractivity contribution in [1.29, 1.82) is 0 Å². The van der Waals surface area contributed by atoms with Gasteiger partial charge in [-0.3, -0.25) is 0 Å². The van der Waals surface area contributed by atoms with Gasteiger partial charge in [-0.2, -0.15) is 0 Å². The summed E-state index contributed by atoms with van der Waals surface area (Å²) in [4.78, 5) is 4.48. The first-order valence-electron chi connectivity index (χ1n) is 9.23. The number of nitrogens with one attached hydrogen (secondary N) is 1. The van der Waals surface area contributed by atoms with Gasteiger partial charge in [-0.1, -0.05) is 18.2 Å². The highest BCUT2D eigenvalue weighted by molar-refractivity contribution is 5.34. The molecule has 2 heterocycles. The fourth-order valence-corrected chi connectivity index (χ4v) is 3.69. The van der Waals surface area contributed by atoms with Gasteiger partial charge in [-0.25, -0.2) is 9.37 Å². The van der Waals surface area contributed by atoms with Crippen LogP contribution in [0.5, 0.6) is 5.75 Å². The number of hydrogen-bond acceptors (Lipinski definition) is 3. The van der Waals surface area contributed by atoms with Crippen LogP contribution in [0.15, 0.2) is 61.1 Å². The Labute approximate surface area is 165 Å². The molecule has 0 radical (unpaired) electrons. The summed E-state index contributed by atoms with van der Waals surface area (Å²) in [6, 6.07) is 12.3. The maximum atomic E-state index is 13.5. The Morgan fingerprint density at radius 1 is 1.03 bits per heavy atom. The molecule has 3 aromatic rings. The lowest BCUT2D eigenvalue weighted by Gasteiger charge is -2.29. The highest BCUT2D eigenvalue weighted by atomic mass is 19.4. The summed E-state index contributed by atoms with van der Waals surface area (Å²) in [5, 5.41) is 3.37. The molecule has 1 fully saturated rings. The molecule has 0 amide bonds. The van der Waals surface area contributed by atoms with Gasteiger partial charge < -0.3 is 14.6 Å². The second-order valence-electron chi connectivity index (χ2n) is 7.09. The Balaban J connectivity index is 1.46. The van der Waals surface area contributed by atoms with Gasteiger partial charge in [0, 0.05) is 30.9 Å². The molecule has 1 aliphatic rings. The highest BCUT2D eigenvalue weighted by Crippen LogP contribution is 2.33. The number of rotatable bonds is 4. The minimum atomic E-state index is -4.69. The van der Waals surface area contributed by atoms with Crippen LogP contribution in [0.3, 0.4) is 0 Å². The minimum Gasteiger partial charge on any atom is -0.406 e. The zero-order valence-electron chi connectivity index (χ0n) is 15.4. The molecule has 4 rings (SSSR count). The molecule has 4 nitrogen and oxygen atoms in total. The molecule has 1 N–H and O–H groups in total. The lowest BCUT2D eigenvalue weighted by atomic mass is 9.84. The Hall–Kier alpha value is -2.87. The summed E-state index contributed by atoms with van der Waals surface area (Å²) in [5.41, 5.74) is 2.54. The first-order valence-corrected chi connectivity index (χ1v) is 9.23. The molecule has 2 aromatic carbocycles. The van der Waals surface area contributed by atoms with Crippen LogP contribution in [0.25, 0.3) is 5.69 Å². The molecule has 0 saturated carbocycles. The fourth-order valence-electron chi connectivity index (χ4n) is 3.69. The van der Waals surface area contributed by atoms with E-state index in [9.17, 15) is 17.6 Å². The average molecular weight is 405 g/mol. The third-order valence-corrected chi connectivity index (χ3v) is 5.06. The van der Waals surface area contributed by atoms with Crippen molar-refractivity contribution in [2.45, 2.75) is 24.6 Å². The van der Waals surface area contributed by atoms with Crippen molar-refractivity contribution in [1.82, 2.24) is 14.9 Å². The predicted octanol–water partition coefficient (Wildman–Crippen LogP) is 4.77. The van der Waals surface area contributed by atoms with Crippen LogP contribution in [-0.2, 0) is 0 Å². The van der Waals surface area contributed by atoms with E-state index < -0.39 is 6.36 Å². The van der Waals surface area contributed by atoms with Crippen molar-refractivity contribution in [2.24, 2.45) is 0 Å². The van der Waals surface area contributed by atoms with Gasteiger partial charge in [-0.15, -0.1) is 13.2 Å². The van der Waals surface area contributed by atoms with Gasteiger partial charge in [-0.05, 0) is 48.2 Å².